The van der Waals surface area contributed by atoms with E-state index in [2.05, 4.69) is 16.6 Å². The predicted molar refractivity (Wildman–Crippen MR) is 72.2 cm³/mol. The second-order valence-corrected chi connectivity index (χ2v) is 4.30. The molecule has 0 atom stereocenters. The Balaban J connectivity index is 3.10. The molecule has 0 radical (unpaired) electrons. The minimum Gasteiger partial charge on any atom is -0.469 e. The van der Waals surface area contributed by atoms with Gasteiger partial charge in [0.05, 0.1) is 7.11 Å². The number of unbranched alkanes of at least 4 members (excludes halogenated alkanes) is 6. The van der Waals surface area contributed by atoms with Crippen molar-refractivity contribution in [1.29, 1.82) is 0 Å². The first kappa shape index (κ1) is 16.7. The summed E-state index contributed by atoms with van der Waals surface area (Å²) in [6.45, 7) is 4.12. The van der Waals surface area contributed by atoms with Gasteiger partial charge in [-0.15, -0.1) is 0 Å². The Bertz CT molecular complexity index is 251. The Morgan fingerprint density at radius 2 is 1.61 bits per heavy atom. The van der Waals surface area contributed by atoms with E-state index in [1.165, 1.54) is 26.0 Å². The number of esters is 1. The molecule has 0 saturated heterocycles. The standard InChI is InChI=1S/C14H25NO3/c1-3-13(16)15-12-10-8-6-4-5-7-9-11-14(17)18-2/h3H,1,4-12H2,2H3,(H,15,16). The average Bonchev–Trinajstić information content (AvgIpc) is 2.40. The summed E-state index contributed by atoms with van der Waals surface area (Å²) in [6, 6.07) is 0. The fourth-order valence-electron chi connectivity index (χ4n) is 1.66. The highest BCUT2D eigenvalue weighted by Crippen LogP contribution is 2.08. The smallest absolute Gasteiger partial charge is 0.305 e. The van der Waals surface area contributed by atoms with E-state index in [-0.39, 0.29) is 11.9 Å². The van der Waals surface area contributed by atoms with E-state index in [0.29, 0.717) is 6.42 Å². The number of rotatable bonds is 11. The number of carbonyl (C=O) groups is 2. The van der Waals surface area contributed by atoms with Crippen LogP contribution in [0.4, 0.5) is 0 Å². The molecule has 0 unspecified atom stereocenters. The van der Waals surface area contributed by atoms with Gasteiger partial charge in [0, 0.05) is 13.0 Å². The third-order valence-corrected chi connectivity index (χ3v) is 2.77. The second kappa shape index (κ2) is 12.1. The minimum atomic E-state index is -0.118. The van der Waals surface area contributed by atoms with Crippen LogP contribution in [0.15, 0.2) is 12.7 Å². The van der Waals surface area contributed by atoms with Gasteiger partial charge in [-0.3, -0.25) is 9.59 Å². The summed E-state index contributed by atoms with van der Waals surface area (Å²) in [5.41, 5.74) is 0. The maximum absolute atomic E-state index is 10.8. The van der Waals surface area contributed by atoms with Crippen molar-refractivity contribution < 1.29 is 14.3 Å². The van der Waals surface area contributed by atoms with Crippen LogP contribution in [0, 0.1) is 0 Å². The average molecular weight is 255 g/mol. The van der Waals surface area contributed by atoms with Crippen LogP contribution in [0.5, 0.6) is 0 Å². The fraction of sp³-hybridized carbons (Fsp3) is 0.714. The summed E-state index contributed by atoms with van der Waals surface area (Å²) < 4.78 is 4.57. The van der Waals surface area contributed by atoms with Gasteiger partial charge in [0.25, 0.3) is 0 Å². The van der Waals surface area contributed by atoms with Crippen LogP contribution in [0.2, 0.25) is 0 Å². The molecule has 0 fully saturated rings. The van der Waals surface area contributed by atoms with Gasteiger partial charge in [0.1, 0.15) is 0 Å². The monoisotopic (exact) mass is 255 g/mol. The van der Waals surface area contributed by atoms with Gasteiger partial charge in [-0.2, -0.15) is 0 Å². The third-order valence-electron chi connectivity index (χ3n) is 2.77. The highest BCUT2D eigenvalue weighted by Gasteiger charge is 1.99. The van der Waals surface area contributed by atoms with Gasteiger partial charge in [0.2, 0.25) is 5.91 Å². The molecule has 18 heavy (non-hydrogen) atoms. The van der Waals surface area contributed by atoms with E-state index in [4.69, 9.17) is 0 Å². The van der Waals surface area contributed by atoms with E-state index >= 15 is 0 Å². The van der Waals surface area contributed by atoms with Crippen LogP contribution in [-0.2, 0) is 14.3 Å². The molecule has 0 aliphatic carbocycles. The highest BCUT2D eigenvalue weighted by atomic mass is 16.5. The first-order valence-electron chi connectivity index (χ1n) is 6.67. The summed E-state index contributed by atoms with van der Waals surface area (Å²) in [5.74, 6) is -0.217. The first-order chi connectivity index (χ1) is 8.70. The Morgan fingerprint density at radius 1 is 1.06 bits per heavy atom. The number of methoxy groups -OCH3 is 1. The van der Waals surface area contributed by atoms with Gasteiger partial charge in [0.15, 0.2) is 0 Å². The lowest BCUT2D eigenvalue weighted by Gasteiger charge is -2.03. The van der Waals surface area contributed by atoms with Crippen molar-refractivity contribution in [2.75, 3.05) is 13.7 Å². The SMILES string of the molecule is C=CC(=O)NCCCCCCCCCC(=O)OC. The predicted octanol–water partition coefficient (Wildman–Crippen LogP) is 2.58. The molecular formula is C14H25NO3. The summed E-state index contributed by atoms with van der Waals surface area (Å²) in [4.78, 5) is 21.7. The van der Waals surface area contributed by atoms with Crippen molar-refractivity contribution >= 4 is 11.9 Å². The van der Waals surface area contributed by atoms with E-state index in [0.717, 1.165) is 38.6 Å². The molecule has 0 bridgehead atoms. The Morgan fingerprint density at radius 3 is 2.17 bits per heavy atom. The fourth-order valence-corrected chi connectivity index (χ4v) is 1.66. The van der Waals surface area contributed by atoms with E-state index in [1.807, 2.05) is 0 Å². The van der Waals surface area contributed by atoms with E-state index < -0.39 is 0 Å². The number of hydrogen-bond donors (Lipinski definition) is 1. The largest absolute Gasteiger partial charge is 0.469 e. The van der Waals surface area contributed by atoms with Crippen molar-refractivity contribution in [2.45, 2.75) is 51.4 Å². The van der Waals surface area contributed by atoms with Crippen LogP contribution >= 0.6 is 0 Å². The topological polar surface area (TPSA) is 55.4 Å². The minimum absolute atomic E-state index is 0.0992. The Labute approximate surface area is 110 Å². The molecule has 4 nitrogen and oxygen atoms in total. The first-order valence-corrected chi connectivity index (χ1v) is 6.67. The number of amides is 1. The lowest BCUT2D eigenvalue weighted by atomic mass is 10.1. The molecule has 0 saturated carbocycles. The summed E-state index contributed by atoms with van der Waals surface area (Å²) in [6.07, 6.45) is 9.51. The molecule has 0 aromatic rings. The summed E-state index contributed by atoms with van der Waals surface area (Å²) >= 11 is 0. The van der Waals surface area contributed by atoms with Gasteiger partial charge < -0.3 is 10.1 Å². The van der Waals surface area contributed by atoms with E-state index in [1.54, 1.807) is 0 Å². The van der Waals surface area contributed by atoms with Crippen LogP contribution in [-0.4, -0.2) is 25.5 Å². The zero-order valence-electron chi connectivity index (χ0n) is 11.4. The molecule has 0 heterocycles. The second-order valence-electron chi connectivity index (χ2n) is 4.30. The van der Waals surface area contributed by atoms with Crippen molar-refractivity contribution in [1.82, 2.24) is 5.32 Å². The molecule has 4 heteroatoms. The lowest BCUT2D eigenvalue weighted by molar-refractivity contribution is -0.140. The summed E-state index contributed by atoms with van der Waals surface area (Å²) in [5, 5.41) is 2.75. The van der Waals surface area contributed by atoms with Gasteiger partial charge in [-0.25, -0.2) is 0 Å². The molecule has 0 aliphatic heterocycles. The zero-order valence-corrected chi connectivity index (χ0v) is 11.4. The maximum Gasteiger partial charge on any atom is 0.305 e. The number of nitrogens with one attached hydrogen (secondary N) is 1. The number of carbonyl (C=O) groups excluding carboxylic acids is 2. The van der Waals surface area contributed by atoms with Crippen LogP contribution in [0.3, 0.4) is 0 Å². The molecule has 0 rings (SSSR count). The van der Waals surface area contributed by atoms with Crippen LogP contribution < -0.4 is 5.32 Å². The molecule has 0 aromatic heterocycles. The summed E-state index contributed by atoms with van der Waals surface area (Å²) in [7, 11) is 1.42. The zero-order chi connectivity index (χ0) is 13.6. The van der Waals surface area contributed by atoms with Crippen molar-refractivity contribution in [3.05, 3.63) is 12.7 Å². The maximum atomic E-state index is 10.8. The Hall–Kier alpha value is -1.32. The highest BCUT2D eigenvalue weighted by molar-refractivity contribution is 5.86. The Kier molecular flexibility index (Phi) is 11.3. The van der Waals surface area contributed by atoms with Crippen LogP contribution in [0.25, 0.3) is 0 Å². The normalized spacial score (nSPS) is 9.83. The van der Waals surface area contributed by atoms with E-state index in [9.17, 15) is 9.59 Å². The molecule has 1 N–H and O–H groups in total. The van der Waals surface area contributed by atoms with Gasteiger partial charge >= 0.3 is 5.97 Å². The van der Waals surface area contributed by atoms with Crippen molar-refractivity contribution in [3.63, 3.8) is 0 Å². The number of hydrogen-bond acceptors (Lipinski definition) is 3. The number of ether oxygens (including phenoxy) is 1. The molecule has 0 aromatic carbocycles. The molecule has 104 valence electrons. The lowest BCUT2D eigenvalue weighted by Crippen LogP contribution is -2.21. The molecule has 1 amide bonds. The molecule has 0 spiro atoms. The quantitative estimate of drug-likeness (QED) is 0.351. The van der Waals surface area contributed by atoms with Crippen molar-refractivity contribution in [3.8, 4) is 0 Å². The third kappa shape index (κ3) is 11.2. The van der Waals surface area contributed by atoms with Crippen molar-refractivity contribution in [2.24, 2.45) is 0 Å². The van der Waals surface area contributed by atoms with Crippen LogP contribution in [0.1, 0.15) is 51.4 Å². The molecule has 0 aliphatic rings. The molecular weight excluding hydrogens is 230 g/mol. The van der Waals surface area contributed by atoms with Gasteiger partial charge in [-0.1, -0.05) is 38.7 Å². The van der Waals surface area contributed by atoms with Gasteiger partial charge in [-0.05, 0) is 18.9 Å².